The van der Waals surface area contributed by atoms with E-state index in [0.717, 1.165) is 59.7 Å². The number of nitrogens with zero attached hydrogens (tertiary/aromatic N) is 2. The SMILES string of the molecule is FC(F)(F)C(c1ccc(C(=S)NCc2ccncc2)cc1)(c1ccc(C(=S)NCc2ccncc2)cc1)C(F)(F)F. The van der Waals surface area contributed by atoms with Crippen LogP contribution in [0.3, 0.4) is 0 Å². The van der Waals surface area contributed by atoms with Gasteiger partial charge in [-0.05, 0) is 46.5 Å². The molecule has 0 radical (unpaired) electrons. The lowest BCUT2D eigenvalue weighted by Crippen LogP contribution is -2.54. The molecule has 12 heteroatoms. The summed E-state index contributed by atoms with van der Waals surface area (Å²) in [6.45, 7) is 0.619. The molecule has 0 amide bonds. The zero-order valence-electron chi connectivity index (χ0n) is 21.1. The molecule has 0 saturated carbocycles. The van der Waals surface area contributed by atoms with Crippen LogP contribution in [0.5, 0.6) is 0 Å². The Morgan fingerprint density at radius 3 is 1.15 bits per heavy atom. The summed E-state index contributed by atoms with van der Waals surface area (Å²) >= 11 is 10.6. The Morgan fingerprint density at radius 2 is 0.854 bits per heavy atom. The molecule has 4 nitrogen and oxygen atoms in total. The second-order valence-corrected chi connectivity index (χ2v) is 9.79. The third-order valence-electron chi connectivity index (χ3n) is 6.42. The minimum absolute atomic E-state index is 0.176. The molecule has 2 aromatic carbocycles. The number of alkyl halides is 6. The Labute approximate surface area is 242 Å². The van der Waals surface area contributed by atoms with Gasteiger partial charge in [0.15, 0.2) is 0 Å². The predicted octanol–water partition coefficient (Wildman–Crippen LogP) is 6.82. The average Bonchev–Trinajstić information content (AvgIpc) is 2.95. The van der Waals surface area contributed by atoms with Gasteiger partial charge >= 0.3 is 12.4 Å². The Hall–Kier alpha value is -3.90. The fourth-order valence-corrected chi connectivity index (χ4v) is 4.71. The smallest absolute Gasteiger partial charge is 0.372 e. The highest BCUT2D eigenvalue weighted by atomic mass is 32.1. The van der Waals surface area contributed by atoms with Crippen molar-refractivity contribution in [2.24, 2.45) is 0 Å². The molecule has 4 aromatic rings. The molecule has 2 N–H and O–H groups in total. The molecule has 2 heterocycles. The summed E-state index contributed by atoms with van der Waals surface area (Å²) < 4.78 is 87.4. The number of hydrogen-bond acceptors (Lipinski definition) is 4. The van der Waals surface area contributed by atoms with E-state index in [1.54, 1.807) is 49.1 Å². The summed E-state index contributed by atoms with van der Waals surface area (Å²) in [4.78, 5) is 8.16. The number of hydrogen-bond donors (Lipinski definition) is 2. The molecule has 0 bridgehead atoms. The van der Waals surface area contributed by atoms with Gasteiger partial charge < -0.3 is 10.6 Å². The summed E-state index contributed by atoms with van der Waals surface area (Å²) in [6, 6.07) is 14.8. The molecule has 2 aromatic heterocycles. The van der Waals surface area contributed by atoms with Gasteiger partial charge in [0.1, 0.15) is 9.98 Å². The lowest BCUT2D eigenvalue weighted by Gasteiger charge is -2.38. The molecule has 41 heavy (non-hydrogen) atoms. The van der Waals surface area contributed by atoms with E-state index in [0.29, 0.717) is 13.1 Å². The van der Waals surface area contributed by atoms with Crippen LogP contribution in [0.4, 0.5) is 26.3 Å². The van der Waals surface area contributed by atoms with Crippen LogP contribution in [0.15, 0.2) is 97.6 Å². The third kappa shape index (κ3) is 6.54. The maximum Gasteiger partial charge on any atom is 0.411 e. The first kappa shape index (κ1) is 30.1. The standard InChI is InChI=1S/C29H22F6N4S2/c30-28(31,32)27(29(33,34)35,23-5-1-21(2-6-23)25(40)38-17-19-9-13-36-14-10-19)24-7-3-22(4-8-24)26(41)39-18-20-11-15-37-16-12-20/h1-16H,17-18H2,(H,38,40)(H,39,41). The van der Waals surface area contributed by atoms with Crippen LogP contribution in [0.25, 0.3) is 0 Å². The van der Waals surface area contributed by atoms with E-state index < -0.39 is 28.9 Å². The van der Waals surface area contributed by atoms with E-state index >= 15 is 0 Å². The van der Waals surface area contributed by atoms with Crippen LogP contribution in [-0.2, 0) is 18.5 Å². The monoisotopic (exact) mass is 604 g/mol. The second-order valence-electron chi connectivity index (χ2n) is 8.98. The quantitative estimate of drug-likeness (QED) is 0.170. The van der Waals surface area contributed by atoms with E-state index in [4.69, 9.17) is 24.4 Å². The number of pyridine rings is 2. The summed E-state index contributed by atoms with van der Waals surface area (Å²) in [7, 11) is 0. The van der Waals surface area contributed by atoms with Crippen molar-refractivity contribution in [2.45, 2.75) is 30.9 Å². The van der Waals surface area contributed by atoms with Gasteiger partial charge in [-0.1, -0.05) is 73.0 Å². The van der Waals surface area contributed by atoms with Gasteiger partial charge in [-0.15, -0.1) is 0 Å². The number of aromatic nitrogens is 2. The highest BCUT2D eigenvalue weighted by molar-refractivity contribution is 7.81. The number of halogens is 6. The number of benzene rings is 2. The van der Waals surface area contributed by atoms with Gasteiger partial charge in [0.2, 0.25) is 5.41 Å². The third-order valence-corrected chi connectivity index (χ3v) is 7.18. The minimum Gasteiger partial charge on any atom is -0.372 e. The normalized spacial score (nSPS) is 12.0. The van der Waals surface area contributed by atoms with Crippen molar-refractivity contribution < 1.29 is 26.3 Å². The molecular formula is C29H22F6N4S2. The molecule has 0 aliphatic heterocycles. The van der Waals surface area contributed by atoms with Gasteiger partial charge in [-0.3, -0.25) is 9.97 Å². The summed E-state index contributed by atoms with van der Waals surface area (Å²) in [5, 5.41) is 5.88. The summed E-state index contributed by atoms with van der Waals surface area (Å²) in [5.41, 5.74) is -4.00. The van der Waals surface area contributed by atoms with Gasteiger partial charge in [0.05, 0.1) is 0 Å². The molecule has 0 aliphatic rings. The maximum absolute atomic E-state index is 14.6. The highest BCUT2D eigenvalue weighted by Gasteiger charge is 2.72. The first-order valence-electron chi connectivity index (χ1n) is 12.1. The molecular weight excluding hydrogens is 582 g/mol. The lowest BCUT2D eigenvalue weighted by molar-refractivity contribution is -0.288. The molecule has 0 atom stereocenters. The van der Waals surface area contributed by atoms with E-state index in [-0.39, 0.29) is 21.1 Å². The van der Waals surface area contributed by atoms with Crippen molar-refractivity contribution >= 4 is 34.4 Å². The average molecular weight is 605 g/mol. The van der Waals surface area contributed by atoms with E-state index in [1.807, 2.05) is 0 Å². The first-order valence-corrected chi connectivity index (χ1v) is 12.9. The van der Waals surface area contributed by atoms with Crippen molar-refractivity contribution in [3.8, 4) is 0 Å². The lowest BCUT2D eigenvalue weighted by atomic mass is 9.72. The van der Waals surface area contributed by atoms with Crippen LogP contribution in [0, 0.1) is 0 Å². The van der Waals surface area contributed by atoms with E-state index in [2.05, 4.69) is 20.6 Å². The molecule has 0 fully saturated rings. The summed E-state index contributed by atoms with van der Waals surface area (Å²) in [6.07, 6.45) is -5.09. The van der Waals surface area contributed by atoms with Crippen molar-refractivity contribution in [3.63, 3.8) is 0 Å². The molecule has 0 saturated heterocycles. The Morgan fingerprint density at radius 1 is 0.537 bits per heavy atom. The van der Waals surface area contributed by atoms with E-state index in [1.165, 1.54) is 0 Å². The highest BCUT2D eigenvalue weighted by Crippen LogP contribution is 2.56. The van der Waals surface area contributed by atoms with Crippen molar-refractivity contribution in [2.75, 3.05) is 0 Å². The van der Waals surface area contributed by atoms with Gasteiger partial charge in [0.25, 0.3) is 0 Å². The molecule has 212 valence electrons. The molecule has 4 rings (SSSR count). The maximum atomic E-state index is 14.6. The topological polar surface area (TPSA) is 49.8 Å². The zero-order valence-corrected chi connectivity index (χ0v) is 22.8. The van der Waals surface area contributed by atoms with Crippen LogP contribution in [0.1, 0.15) is 33.4 Å². The van der Waals surface area contributed by atoms with Crippen molar-refractivity contribution in [3.05, 3.63) is 131 Å². The minimum atomic E-state index is -5.71. The Bertz CT molecular complexity index is 1360. The molecule has 0 spiro atoms. The second kappa shape index (κ2) is 12.3. The van der Waals surface area contributed by atoms with Crippen molar-refractivity contribution in [1.82, 2.24) is 20.6 Å². The van der Waals surface area contributed by atoms with Crippen LogP contribution in [-0.4, -0.2) is 32.3 Å². The molecule has 0 aliphatic carbocycles. The Kier molecular flexibility index (Phi) is 9.03. The van der Waals surface area contributed by atoms with Crippen LogP contribution >= 0.6 is 24.4 Å². The summed E-state index contributed by atoms with van der Waals surface area (Å²) in [5.74, 6) is 0. The molecule has 0 unspecified atom stereocenters. The fraction of sp³-hybridized carbons (Fsp3) is 0.172. The fourth-order valence-electron chi connectivity index (χ4n) is 4.30. The first-order chi connectivity index (χ1) is 19.4. The Balaban J connectivity index is 1.62. The zero-order chi connectivity index (χ0) is 29.7. The van der Waals surface area contributed by atoms with Crippen LogP contribution < -0.4 is 10.6 Å². The number of thiocarbonyl (C=S) groups is 2. The number of rotatable bonds is 8. The van der Waals surface area contributed by atoms with Crippen molar-refractivity contribution in [1.29, 1.82) is 0 Å². The predicted molar refractivity (Wildman–Crippen MR) is 151 cm³/mol. The van der Waals surface area contributed by atoms with Gasteiger partial charge in [-0.2, -0.15) is 26.3 Å². The van der Waals surface area contributed by atoms with Gasteiger partial charge in [-0.25, -0.2) is 0 Å². The number of nitrogens with one attached hydrogen (secondary N) is 2. The van der Waals surface area contributed by atoms with Crippen LogP contribution in [0.2, 0.25) is 0 Å². The van der Waals surface area contributed by atoms with Gasteiger partial charge in [0, 0.05) is 49.0 Å². The largest absolute Gasteiger partial charge is 0.411 e. The van der Waals surface area contributed by atoms with E-state index in [9.17, 15) is 26.3 Å².